The van der Waals surface area contributed by atoms with E-state index in [0.717, 1.165) is 57.4 Å². The molecule has 1 heterocycles. The van der Waals surface area contributed by atoms with Crippen molar-refractivity contribution in [2.24, 2.45) is 16.8 Å². The summed E-state index contributed by atoms with van der Waals surface area (Å²) in [6.45, 7) is 11.2. The summed E-state index contributed by atoms with van der Waals surface area (Å²) in [7, 11) is 2.06. The summed E-state index contributed by atoms with van der Waals surface area (Å²) < 4.78 is 10.9. The summed E-state index contributed by atoms with van der Waals surface area (Å²) >= 11 is 0. The average Bonchev–Trinajstić information content (AvgIpc) is 2.57. The predicted octanol–water partition coefficient (Wildman–Crippen LogP) is 2.35. The number of aliphatic hydroxyl groups excluding tert-OH is 1. The van der Waals surface area contributed by atoms with Crippen molar-refractivity contribution >= 4 is 29.9 Å². The van der Waals surface area contributed by atoms with E-state index >= 15 is 0 Å². The smallest absolute Gasteiger partial charge is 0.193 e. The molecule has 7 heteroatoms. The lowest BCUT2D eigenvalue weighted by Crippen LogP contribution is -2.40. The molecule has 1 rings (SSSR count). The van der Waals surface area contributed by atoms with Gasteiger partial charge in [0.25, 0.3) is 0 Å². The second kappa shape index (κ2) is 15.0. The summed E-state index contributed by atoms with van der Waals surface area (Å²) in [5.41, 5.74) is 0. The number of hydrogen-bond acceptors (Lipinski definition) is 4. The molecular weight excluding hydrogens is 433 g/mol. The van der Waals surface area contributed by atoms with Crippen LogP contribution in [0.1, 0.15) is 40.0 Å². The number of nitrogens with zero attached hydrogens (tertiary/aromatic N) is 2. The van der Waals surface area contributed by atoms with Gasteiger partial charge in [-0.1, -0.05) is 13.8 Å². The molecule has 0 spiro atoms. The van der Waals surface area contributed by atoms with Crippen molar-refractivity contribution in [3.8, 4) is 0 Å². The van der Waals surface area contributed by atoms with Gasteiger partial charge in [0.05, 0.1) is 19.3 Å². The van der Waals surface area contributed by atoms with E-state index in [-0.39, 0.29) is 24.0 Å². The summed E-state index contributed by atoms with van der Waals surface area (Å²) in [5.74, 6) is 2.08. The predicted molar refractivity (Wildman–Crippen MR) is 114 cm³/mol. The van der Waals surface area contributed by atoms with E-state index in [1.807, 2.05) is 0 Å². The van der Waals surface area contributed by atoms with Crippen molar-refractivity contribution < 1.29 is 14.6 Å². The minimum Gasteiger partial charge on any atom is -0.389 e. The Bertz CT molecular complexity index is 350. The van der Waals surface area contributed by atoms with Gasteiger partial charge in [-0.2, -0.15) is 0 Å². The number of nitrogens with one attached hydrogen (secondary N) is 1. The van der Waals surface area contributed by atoms with E-state index < -0.39 is 6.10 Å². The third-order valence-corrected chi connectivity index (χ3v) is 4.12. The Kier molecular flexibility index (Phi) is 14.9. The van der Waals surface area contributed by atoms with Gasteiger partial charge in [0, 0.05) is 40.0 Å². The highest BCUT2D eigenvalue weighted by atomic mass is 127. The first-order chi connectivity index (χ1) is 11.5. The van der Waals surface area contributed by atoms with Gasteiger partial charge in [0.1, 0.15) is 0 Å². The Balaban J connectivity index is 0.00000576. The van der Waals surface area contributed by atoms with Gasteiger partial charge in [-0.15, -0.1) is 24.0 Å². The van der Waals surface area contributed by atoms with E-state index in [9.17, 15) is 5.11 Å². The van der Waals surface area contributed by atoms with Gasteiger partial charge in [-0.25, -0.2) is 0 Å². The van der Waals surface area contributed by atoms with Crippen LogP contribution in [0.4, 0.5) is 0 Å². The highest BCUT2D eigenvalue weighted by Gasteiger charge is 2.15. The third-order valence-electron chi connectivity index (χ3n) is 4.12. The molecule has 2 N–H and O–H groups in total. The Morgan fingerprint density at radius 3 is 2.60 bits per heavy atom. The molecular formula is C18H38IN3O3. The largest absolute Gasteiger partial charge is 0.389 e. The minimum atomic E-state index is -0.554. The molecule has 0 amide bonds. The van der Waals surface area contributed by atoms with Crippen LogP contribution in [-0.2, 0) is 9.47 Å². The molecule has 0 radical (unpaired) electrons. The lowest BCUT2D eigenvalue weighted by Gasteiger charge is -2.27. The van der Waals surface area contributed by atoms with Crippen molar-refractivity contribution in [2.75, 3.05) is 53.1 Å². The molecule has 0 saturated carbocycles. The van der Waals surface area contributed by atoms with Gasteiger partial charge < -0.3 is 24.8 Å². The average molecular weight is 471 g/mol. The monoisotopic (exact) mass is 471 g/mol. The van der Waals surface area contributed by atoms with Crippen LogP contribution in [0.25, 0.3) is 0 Å². The Labute approximate surface area is 170 Å². The molecule has 1 fully saturated rings. The molecule has 0 aliphatic carbocycles. The van der Waals surface area contributed by atoms with Crippen LogP contribution < -0.4 is 5.32 Å². The third kappa shape index (κ3) is 12.0. The molecule has 0 bridgehead atoms. The van der Waals surface area contributed by atoms with Gasteiger partial charge in [-0.3, -0.25) is 4.99 Å². The molecule has 0 aromatic heterocycles. The Hall–Kier alpha value is -0.120. The van der Waals surface area contributed by atoms with Gasteiger partial charge in [-0.05, 0) is 38.0 Å². The SMILES string of the molecule is CCNC(=NCC(O)COCC(C)C)N(C)CCC1CCOCC1.I. The van der Waals surface area contributed by atoms with E-state index in [2.05, 4.69) is 43.0 Å². The van der Waals surface area contributed by atoms with Crippen LogP contribution in [0.2, 0.25) is 0 Å². The molecule has 1 atom stereocenters. The zero-order valence-corrected chi connectivity index (χ0v) is 18.7. The number of halogens is 1. The zero-order chi connectivity index (χ0) is 17.8. The van der Waals surface area contributed by atoms with Crippen molar-refractivity contribution in [1.29, 1.82) is 0 Å². The fourth-order valence-corrected chi connectivity index (χ4v) is 2.67. The van der Waals surface area contributed by atoms with Crippen LogP contribution in [0.3, 0.4) is 0 Å². The fraction of sp³-hybridized carbons (Fsp3) is 0.944. The fourth-order valence-electron chi connectivity index (χ4n) is 2.67. The lowest BCUT2D eigenvalue weighted by atomic mass is 9.96. The van der Waals surface area contributed by atoms with Crippen molar-refractivity contribution in [3.63, 3.8) is 0 Å². The maximum atomic E-state index is 10.0. The second-order valence-electron chi connectivity index (χ2n) is 7.05. The van der Waals surface area contributed by atoms with Crippen molar-refractivity contribution in [2.45, 2.75) is 46.1 Å². The van der Waals surface area contributed by atoms with Crippen molar-refractivity contribution in [3.05, 3.63) is 0 Å². The summed E-state index contributed by atoms with van der Waals surface area (Å²) in [5, 5.41) is 13.3. The first-order valence-corrected chi connectivity index (χ1v) is 9.35. The molecule has 6 nitrogen and oxygen atoms in total. The van der Waals surface area contributed by atoms with Crippen LogP contribution in [0.5, 0.6) is 0 Å². The van der Waals surface area contributed by atoms with E-state index in [1.54, 1.807) is 0 Å². The number of aliphatic imine (C=N–C) groups is 1. The maximum absolute atomic E-state index is 10.0. The van der Waals surface area contributed by atoms with Crippen LogP contribution in [0.15, 0.2) is 4.99 Å². The molecule has 1 aliphatic rings. The first-order valence-electron chi connectivity index (χ1n) is 9.35. The molecule has 25 heavy (non-hydrogen) atoms. The standard InChI is InChI=1S/C18H37N3O3.HI/c1-5-19-18(20-12-17(22)14-24-13-15(2)3)21(4)9-6-16-7-10-23-11-8-16;/h15-17,22H,5-14H2,1-4H3,(H,19,20);1H. The number of rotatable bonds is 10. The molecule has 150 valence electrons. The number of aliphatic hydroxyl groups is 1. The molecule has 1 unspecified atom stereocenters. The van der Waals surface area contributed by atoms with E-state index in [4.69, 9.17) is 9.47 Å². The summed E-state index contributed by atoms with van der Waals surface area (Å²) in [4.78, 5) is 6.71. The number of guanidine groups is 1. The highest BCUT2D eigenvalue weighted by molar-refractivity contribution is 14.0. The quantitative estimate of drug-likeness (QED) is 0.291. The van der Waals surface area contributed by atoms with Gasteiger partial charge in [0.2, 0.25) is 0 Å². The lowest BCUT2D eigenvalue weighted by molar-refractivity contribution is 0.0300. The van der Waals surface area contributed by atoms with Crippen LogP contribution >= 0.6 is 24.0 Å². The number of hydrogen-bond donors (Lipinski definition) is 2. The Morgan fingerprint density at radius 2 is 2.00 bits per heavy atom. The topological polar surface area (TPSA) is 66.3 Å². The zero-order valence-electron chi connectivity index (χ0n) is 16.4. The highest BCUT2D eigenvalue weighted by Crippen LogP contribution is 2.18. The van der Waals surface area contributed by atoms with Crippen molar-refractivity contribution in [1.82, 2.24) is 10.2 Å². The summed E-state index contributed by atoms with van der Waals surface area (Å²) in [6.07, 6.45) is 2.92. The van der Waals surface area contributed by atoms with E-state index in [1.165, 1.54) is 0 Å². The second-order valence-corrected chi connectivity index (χ2v) is 7.05. The molecule has 0 aromatic carbocycles. The minimum absolute atomic E-state index is 0. The molecule has 0 aromatic rings. The van der Waals surface area contributed by atoms with Crippen LogP contribution in [-0.4, -0.2) is 75.2 Å². The van der Waals surface area contributed by atoms with Gasteiger partial charge >= 0.3 is 0 Å². The normalized spacial score (nSPS) is 17.3. The Morgan fingerprint density at radius 1 is 1.32 bits per heavy atom. The van der Waals surface area contributed by atoms with Crippen LogP contribution in [0, 0.1) is 11.8 Å². The summed E-state index contributed by atoms with van der Waals surface area (Å²) in [6, 6.07) is 0. The van der Waals surface area contributed by atoms with E-state index in [0.29, 0.717) is 25.7 Å². The maximum Gasteiger partial charge on any atom is 0.193 e. The first kappa shape index (κ1) is 24.9. The van der Waals surface area contributed by atoms with Gasteiger partial charge in [0.15, 0.2) is 5.96 Å². The number of ether oxygens (including phenoxy) is 2. The molecule has 1 aliphatic heterocycles. The molecule has 1 saturated heterocycles.